The van der Waals surface area contributed by atoms with E-state index < -0.39 is 6.09 Å². The highest BCUT2D eigenvalue weighted by atomic mass is 35.5. The molecule has 0 aliphatic carbocycles. The van der Waals surface area contributed by atoms with Gasteiger partial charge in [-0.3, -0.25) is 10.1 Å². The number of amides is 1. The van der Waals surface area contributed by atoms with Crippen LogP contribution in [-0.4, -0.2) is 37.7 Å². The number of fused-ring (bicyclic) bond motifs is 1. The lowest BCUT2D eigenvalue weighted by Gasteiger charge is -2.03. The maximum Gasteiger partial charge on any atom is 0.411 e. The Morgan fingerprint density at radius 3 is 2.64 bits per heavy atom. The van der Waals surface area contributed by atoms with Crippen LogP contribution in [-0.2, 0) is 9.47 Å². The zero-order valence-corrected chi connectivity index (χ0v) is 13.3. The number of ether oxygens (including phenoxy) is 2. The van der Waals surface area contributed by atoms with Crippen molar-refractivity contribution in [1.82, 2.24) is 4.98 Å². The summed E-state index contributed by atoms with van der Waals surface area (Å²) in [6, 6.07) is 3.09. The Morgan fingerprint density at radius 1 is 1.41 bits per heavy atom. The SMILES string of the molecule is CCOC.CCOC(=O)Nc1c(C=O)oc2ccc(Cl)nc12. The van der Waals surface area contributed by atoms with Gasteiger partial charge < -0.3 is 13.9 Å². The Kier molecular flexibility index (Phi) is 7.34. The number of carbonyl (C=O) groups excluding carboxylic acids is 2. The molecule has 22 heavy (non-hydrogen) atoms. The lowest BCUT2D eigenvalue weighted by molar-refractivity contribution is 0.110. The molecule has 0 atom stereocenters. The number of nitrogens with zero attached hydrogens (tertiary/aromatic N) is 1. The first-order valence-corrected chi connectivity index (χ1v) is 6.92. The molecule has 0 fully saturated rings. The van der Waals surface area contributed by atoms with E-state index in [2.05, 4.69) is 15.0 Å². The lowest BCUT2D eigenvalue weighted by Crippen LogP contribution is -2.14. The minimum Gasteiger partial charge on any atom is -0.450 e. The molecule has 1 amide bonds. The number of carbonyl (C=O) groups is 2. The third kappa shape index (κ3) is 4.71. The zero-order valence-electron chi connectivity index (χ0n) is 12.5. The number of aromatic nitrogens is 1. The lowest BCUT2D eigenvalue weighted by atomic mass is 10.3. The second-order valence-corrected chi connectivity index (χ2v) is 4.25. The summed E-state index contributed by atoms with van der Waals surface area (Å²) in [5.74, 6) is -0.0344. The van der Waals surface area contributed by atoms with Gasteiger partial charge in [0.05, 0.1) is 6.61 Å². The van der Waals surface area contributed by atoms with E-state index >= 15 is 0 Å². The van der Waals surface area contributed by atoms with E-state index in [0.29, 0.717) is 17.4 Å². The van der Waals surface area contributed by atoms with Crippen LogP contribution in [0.25, 0.3) is 11.1 Å². The molecule has 0 aliphatic heterocycles. The standard InChI is InChI=1S/C11H9ClN2O4.C3H8O/c1-2-17-11(16)14-10-7(5-15)18-6-3-4-8(12)13-9(6)10;1-3-4-2/h3-5H,2H2,1H3,(H,14,16);3H2,1-2H3. The number of rotatable bonds is 4. The summed E-state index contributed by atoms with van der Waals surface area (Å²) in [4.78, 5) is 26.2. The number of hydrogen-bond acceptors (Lipinski definition) is 6. The number of halogens is 1. The van der Waals surface area contributed by atoms with Gasteiger partial charge in [0, 0.05) is 13.7 Å². The Hall–Kier alpha value is -2.12. The topological polar surface area (TPSA) is 90.7 Å². The number of methoxy groups -OCH3 is 1. The van der Waals surface area contributed by atoms with Gasteiger partial charge in [-0.15, -0.1) is 0 Å². The molecule has 2 aromatic heterocycles. The van der Waals surface area contributed by atoms with Crippen molar-refractivity contribution in [2.24, 2.45) is 0 Å². The zero-order chi connectivity index (χ0) is 16.5. The van der Waals surface area contributed by atoms with E-state index in [1.54, 1.807) is 20.1 Å². The number of aldehydes is 1. The minimum atomic E-state index is -0.690. The number of pyridine rings is 1. The number of anilines is 1. The fourth-order valence-electron chi connectivity index (χ4n) is 1.44. The average Bonchev–Trinajstić information content (AvgIpc) is 2.85. The smallest absolute Gasteiger partial charge is 0.411 e. The normalized spacial score (nSPS) is 9.82. The van der Waals surface area contributed by atoms with Gasteiger partial charge in [-0.25, -0.2) is 9.78 Å². The summed E-state index contributed by atoms with van der Waals surface area (Å²) >= 11 is 5.76. The summed E-state index contributed by atoms with van der Waals surface area (Å²) < 4.78 is 14.5. The van der Waals surface area contributed by atoms with Gasteiger partial charge in [-0.1, -0.05) is 11.6 Å². The quantitative estimate of drug-likeness (QED) is 0.682. The van der Waals surface area contributed by atoms with E-state index in [9.17, 15) is 9.59 Å². The molecule has 2 heterocycles. The summed E-state index contributed by atoms with van der Waals surface area (Å²) in [6.45, 7) is 4.66. The fraction of sp³-hybridized carbons (Fsp3) is 0.357. The van der Waals surface area contributed by atoms with Gasteiger partial charge in [-0.05, 0) is 26.0 Å². The molecule has 7 nitrogen and oxygen atoms in total. The summed E-state index contributed by atoms with van der Waals surface area (Å²) in [6.07, 6.45) is -0.206. The first-order valence-electron chi connectivity index (χ1n) is 6.54. The highest BCUT2D eigenvalue weighted by Crippen LogP contribution is 2.29. The molecule has 120 valence electrons. The third-order valence-corrected chi connectivity index (χ3v) is 2.64. The van der Waals surface area contributed by atoms with E-state index in [4.69, 9.17) is 20.8 Å². The highest BCUT2D eigenvalue weighted by molar-refractivity contribution is 6.30. The van der Waals surface area contributed by atoms with Crippen molar-refractivity contribution in [2.75, 3.05) is 25.6 Å². The molecule has 0 aliphatic rings. The van der Waals surface area contributed by atoms with Crippen LogP contribution >= 0.6 is 11.6 Å². The first kappa shape index (κ1) is 17.9. The van der Waals surface area contributed by atoms with Crippen LogP contribution in [0.1, 0.15) is 24.4 Å². The molecule has 2 rings (SSSR count). The Balaban J connectivity index is 0.000000541. The van der Waals surface area contributed by atoms with Gasteiger partial charge in [-0.2, -0.15) is 0 Å². The molecule has 0 saturated carbocycles. The molecule has 0 bridgehead atoms. The van der Waals surface area contributed by atoms with Crippen molar-refractivity contribution < 1.29 is 23.5 Å². The number of furan rings is 1. The van der Waals surface area contributed by atoms with Crippen LogP contribution < -0.4 is 5.32 Å². The van der Waals surface area contributed by atoms with E-state index in [1.165, 1.54) is 6.07 Å². The third-order valence-electron chi connectivity index (χ3n) is 2.43. The number of hydrogen-bond donors (Lipinski definition) is 1. The van der Waals surface area contributed by atoms with E-state index in [0.717, 1.165) is 6.61 Å². The maximum atomic E-state index is 11.4. The molecule has 0 spiro atoms. The predicted octanol–water partition coefficient (Wildman–Crippen LogP) is 3.51. The molecule has 0 saturated heterocycles. The second kappa shape index (κ2) is 9.01. The van der Waals surface area contributed by atoms with Crippen molar-refractivity contribution in [2.45, 2.75) is 13.8 Å². The number of nitrogens with one attached hydrogen (secondary N) is 1. The van der Waals surface area contributed by atoms with Crippen LogP contribution in [0.3, 0.4) is 0 Å². The molecular weight excluding hydrogens is 312 g/mol. The summed E-state index contributed by atoms with van der Waals surface area (Å²) in [5.41, 5.74) is 0.812. The second-order valence-electron chi connectivity index (χ2n) is 3.86. The van der Waals surface area contributed by atoms with Crippen molar-refractivity contribution in [3.63, 3.8) is 0 Å². The molecular formula is C14H17ClN2O5. The Bertz CT molecular complexity index is 639. The summed E-state index contributed by atoms with van der Waals surface area (Å²) in [5, 5.41) is 2.63. The van der Waals surface area contributed by atoms with Crippen LogP contribution in [0.4, 0.5) is 10.5 Å². The maximum absolute atomic E-state index is 11.4. The van der Waals surface area contributed by atoms with Gasteiger partial charge >= 0.3 is 6.09 Å². The molecule has 2 aromatic rings. The van der Waals surface area contributed by atoms with Gasteiger partial charge in [0.1, 0.15) is 16.4 Å². The van der Waals surface area contributed by atoms with Crippen molar-refractivity contribution in [3.8, 4) is 0 Å². The van der Waals surface area contributed by atoms with E-state index in [1.807, 2.05) is 6.92 Å². The van der Waals surface area contributed by atoms with Crippen LogP contribution in [0.5, 0.6) is 0 Å². The van der Waals surface area contributed by atoms with Gasteiger partial charge in [0.25, 0.3) is 0 Å². The molecule has 0 unspecified atom stereocenters. The monoisotopic (exact) mass is 328 g/mol. The van der Waals surface area contributed by atoms with Crippen LogP contribution in [0.2, 0.25) is 5.15 Å². The van der Waals surface area contributed by atoms with E-state index in [-0.39, 0.29) is 23.2 Å². The average molecular weight is 329 g/mol. The Labute approximate surface area is 132 Å². The Morgan fingerprint density at radius 2 is 2.09 bits per heavy atom. The van der Waals surface area contributed by atoms with Crippen molar-refractivity contribution in [3.05, 3.63) is 23.0 Å². The van der Waals surface area contributed by atoms with Gasteiger partial charge in [0.15, 0.2) is 17.6 Å². The van der Waals surface area contributed by atoms with Crippen LogP contribution in [0, 0.1) is 0 Å². The predicted molar refractivity (Wildman–Crippen MR) is 82.6 cm³/mol. The highest BCUT2D eigenvalue weighted by Gasteiger charge is 2.18. The van der Waals surface area contributed by atoms with Crippen LogP contribution in [0.15, 0.2) is 16.5 Å². The largest absolute Gasteiger partial charge is 0.450 e. The summed E-state index contributed by atoms with van der Waals surface area (Å²) in [7, 11) is 1.68. The minimum absolute atomic E-state index is 0.0344. The first-order chi connectivity index (χ1) is 10.6. The van der Waals surface area contributed by atoms with Crippen molar-refractivity contribution >= 4 is 40.8 Å². The van der Waals surface area contributed by atoms with Gasteiger partial charge in [0.2, 0.25) is 0 Å². The molecule has 0 aromatic carbocycles. The molecule has 1 N–H and O–H groups in total. The molecule has 0 radical (unpaired) electrons. The van der Waals surface area contributed by atoms with Crippen molar-refractivity contribution in [1.29, 1.82) is 0 Å². The molecule has 8 heteroatoms. The fourth-order valence-corrected chi connectivity index (χ4v) is 1.59.